The molecule has 2 N–H and O–H groups in total. The summed E-state index contributed by atoms with van der Waals surface area (Å²) in [5, 5.41) is 6.34. The number of nitrogens with zero attached hydrogens (tertiary/aromatic N) is 2. The van der Waals surface area contributed by atoms with Crippen LogP contribution in [0.5, 0.6) is 17.2 Å². The minimum atomic E-state index is -0.514. The number of ether oxygens (including phenoxy) is 3. The van der Waals surface area contributed by atoms with Crippen LogP contribution in [0.3, 0.4) is 0 Å². The van der Waals surface area contributed by atoms with E-state index >= 15 is 0 Å². The summed E-state index contributed by atoms with van der Waals surface area (Å²) in [6, 6.07) is 17.6. The Labute approximate surface area is 246 Å². The van der Waals surface area contributed by atoms with Gasteiger partial charge in [-0.05, 0) is 48.9 Å². The number of aryl methyl sites for hydroxylation is 1. The third kappa shape index (κ3) is 5.73. The van der Waals surface area contributed by atoms with Gasteiger partial charge in [-0.1, -0.05) is 18.2 Å². The first-order valence-corrected chi connectivity index (χ1v) is 14.5. The topological polar surface area (TPSA) is 119 Å². The first-order valence-electron chi connectivity index (χ1n) is 13.7. The maximum absolute atomic E-state index is 13.5. The van der Waals surface area contributed by atoms with Gasteiger partial charge in [-0.2, -0.15) is 0 Å². The van der Waals surface area contributed by atoms with Crippen LogP contribution in [0.2, 0.25) is 0 Å². The Balaban J connectivity index is 1.31. The fourth-order valence-electron chi connectivity index (χ4n) is 5.15. The lowest BCUT2D eigenvalue weighted by Crippen LogP contribution is -2.58. The van der Waals surface area contributed by atoms with Gasteiger partial charge in [0.15, 0.2) is 11.6 Å². The van der Waals surface area contributed by atoms with E-state index in [-0.39, 0.29) is 37.4 Å². The van der Waals surface area contributed by atoms with Crippen molar-refractivity contribution in [3.8, 4) is 17.2 Å². The molecule has 0 aliphatic carbocycles. The average molecular weight is 587 g/mol. The Morgan fingerprint density at radius 2 is 1.98 bits per heavy atom. The van der Waals surface area contributed by atoms with Gasteiger partial charge in [0.25, 0.3) is 17.7 Å². The van der Waals surface area contributed by atoms with Crippen molar-refractivity contribution in [3.05, 3.63) is 82.4 Å². The molecule has 42 heavy (non-hydrogen) atoms. The molecule has 4 bridgehead atoms. The van der Waals surface area contributed by atoms with Gasteiger partial charge in [0, 0.05) is 43.2 Å². The number of thiazole rings is 1. The third-order valence-electron chi connectivity index (χ3n) is 7.46. The molecule has 0 radical (unpaired) electrons. The summed E-state index contributed by atoms with van der Waals surface area (Å²) in [7, 11) is 1.56. The van der Waals surface area contributed by atoms with Crippen molar-refractivity contribution in [2.45, 2.75) is 32.0 Å². The van der Waals surface area contributed by atoms with Crippen LogP contribution in [0.25, 0.3) is 10.2 Å². The lowest BCUT2D eigenvalue weighted by atomic mass is 10.0. The molecule has 3 aliphatic heterocycles. The van der Waals surface area contributed by atoms with Gasteiger partial charge in [-0.25, -0.2) is 4.98 Å². The fraction of sp³-hybridized carbons (Fsp3) is 0.290. The van der Waals surface area contributed by atoms with Crippen LogP contribution in [0, 0.1) is 6.92 Å². The number of nitrogens with one attached hydrogen (secondary N) is 2. The number of benzene rings is 3. The van der Waals surface area contributed by atoms with Crippen molar-refractivity contribution in [3.63, 3.8) is 0 Å². The zero-order chi connectivity index (χ0) is 29.2. The van der Waals surface area contributed by atoms with Crippen LogP contribution < -0.4 is 24.8 Å². The van der Waals surface area contributed by atoms with Crippen LogP contribution in [-0.2, 0) is 11.3 Å². The van der Waals surface area contributed by atoms with Gasteiger partial charge in [0.05, 0.1) is 23.4 Å². The van der Waals surface area contributed by atoms with Gasteiger partial charge < -0.3 is 29.7 Å². The highest BCUT2D eigenvalue weighted by atomic mass is 32.1. The number of hydrogen-bond donors (Lipinski definition) is 2. The first kappa shape index (κ1) is 27.5. The Bertz CT molecular complexity index is 1640. The second-order valence-electron chi connectivity index (χ2n) is 10.3. The highest BCUT2D eigenvalue weighted by Gasteiger charge is 2.35. The molecule has 1 saturated heterocycles. The number of aromatic nitrogens is 1. The molecular weight excluding hydrogens is 556 g/mol. The summed E-state index contributed by atoms with van der Waals surface area (Å²) in [5.41, 5.74) is 2.73. The first-order chi connectivity index (χ1) is 20.4. The van der Waals surface area contributed by atoms with Crippen molar-refractivity contribution >= 4 is 39.3 Å². The molecular formula is C31H30N4O6S. The minimum absolute atomic E-state index is 0.179. The maximum atomic E-state index is 13.5. The summed E-state index contributed by atoms with van der Waals surface area (Å²) in [6.07, 6.45) is 0.0738. The zero-order valence-electron chi connectivity index (χ0n) is 23.2. The van der Waals surface area contributed by atoms with E-state index in [1.54, 1.807) is 36.3 Å². The summed E-state index contributed by atoms with van der Waals surface area (Å²) in [4.78, 5) is 45.8. The monoisotopic (exact) mass is 586 g/mol. The molecule has 3 amide bonds. The summed E-state index contributed by atoms with van der Waals surface area (Å²) in [5.74, 6) is 0.732. The number of methoxy groups -OCH3 is 1. The number of para-hydroxylation sites is 1. The van der Waals surface area contributed by atoms with E-state index in [0.29, 0.717) is 40.8 Å². The molecule has 3 aromatic carbocycles. The van der Waals surface area contributed by atoms with Crippen molar-refractivity contribution in [1.29, 1.82) is 0 Å². The number of fused-ring (bicyclic) bond motifs is 8. The van der Waals surface area contributed by atoms with Crippen LogP contribution in [0.4, 0.5) is 0 Å². The zero-order valence-corrected chi connectivity index (χ0v) is 24.0. The Kier molecular flexibility index (Phi) is 7.66. The van der Waals surface area contributed by atoms with E-state index in [2.05, 4.69) is 15.6 Å². The van der Waals surface area contributed by atoms with E-state index in [9.17, 15) is 14.4 Å². The number of hydrogen-bond acceptors (Lipinski definition) is 8. The van der Waals surface area contributed by atoms with Gasteiger partial charge in [0.1, 0.15) is 23.4 Å². The maximum Gasteiger partial charge on any atom is 0.282 e. The number of rotatable bonds is 2. The smallest absolute Gasteiger partial charge is 0.282 e. The number of carbonyl (C=O) groups is 3. The molecule has 4 heterocycles. The molecule has 11 heteroatoms. The normalized spacial score (nSPS) is 19.1. The van der Waals surface area contributed by atoms with E-state index in [0.717, 1.165) is 21.3 Å². The lowest BCUT2D eigenvalue weighted by Gasteiger charge is -2.38. The number of piperidine rings is 1. The van der Waals surface area contributed by atoms with Crippen LogP contribution in [-0.4, -0.2) is 66.6 Å². The molecule has 0 unspecified atom stereocenters. The second-order valence-corrected chi connectivity index (χ2v) is 11.3. The number of likely N-dealkylation sites (tertiary alicyclic amines) is 1. The quantitative estimate of drug-likeness (QED) is 0.368. The second kappa shape index (κ2) is 11.7. The molecule has 7 rings (SSSR count). The van der Waals surface area contributed by atoms with E-state index < -0.39 is 12.1 Å². The van der Waals surface area contributed by atoms with E-state index in [4.69, 9.17) is 14.2 Å². The van der Waals surface area contributed by atoms with Crippen LogP contribution in [0.15, 0.2) is 60.7 Å². The van der Waals surface area contributed by atoms with Gasteiger partial charge in [-0.3, -0.25) is 14.4 Å². The summed E-state index contributed by atoms with van der Waals surface area (Å²) < 4.78 is 18.7. The minimum Gasteiger partial charge on any atom is -0.496 e. The van der Waals surface area contributed by atoms with Gasteiger partial charge >= 0.3 is 0 Å². The highest BCUT2D eigenvalue weighted by Crippen LogP contribution is 2.29. The molecule has 0 saturated carbocycles. The molecule has 1 aromatic heterocycles. The molecule has 2 atom stereocenters. The van der Waals surface area contributed by atoms with Crippen LogP contribution >= 0.6 is 11.3 Å². The molecule has 1 fully saturated rings. The van der Waals surface area contributed by atoms with E-state index in [1.165, 1.54) is 11.3 Å². The largest absolute Gasteiger partial charge is 0.496 e. The van der Waals surface area contributed by atoms with E-state index in [1.807, 2.05) is 43.3 Å². The predicted molar refractivity (Wildman–Crippen MR) is 157 cm³/mol. The van der Waals surface area contributed by atoms with Crippen molar-refractivity contribution in [2.24, 2.45) is 0 Å². The standard InChI is InChI=1S/C31H30N4O6S/c1-18-7-8-19-13-25(18)40-17-28(36)32-15-20-9-10-21(14-26(20)39-2)41-24-11-12-35(16-23(24)33-29(19)37)31(38)30-34-22-5-3-4-6-27(22)42-30/h3-10,13-14,23-24H,11-12,15-17H2,1-2H3,(H,32,36)(H,33,37)/t23-,24+/m0/s1. The van der Waals surface area contributed by atoms with Gasteiger partial charge in [-0.15, -0.1) is 11.3 Å². The third-order valence-corrected chi connectivity index (χ3v) is 8.49. The Morgan fingerprint density at radius 3 is 2.81 bits per heavy atom. The molecule has 3 aliphatic rings. The summed E-state index contributed by atoms with van der Waals surface area (Å²) >= 11 is 1.36. The van der Waals surface area contributed by atoms with Crippen molar-refractivity contribution in [1.82, 2.24) is 20.5 Å². The van der Waals surface area contributed by atoms with Gasteiger partial charge in [0.2, 0.25) is 0 Å². The van der Waals surface area contributed by atoms with Crippen molar-refractivity contribution < 1.29 is 28.6 Å². The fourth-order valence-corrected chi connectivity index (χ4v) is 6.08. The Hall–Kier alpha value is -4.64. The highest BCUT2D eigenvalue weighted by molar-refractivity contribution is 7.20. The molecule has 4 aromatic rings. The molecule has 10 nitrogen and oxygen atoms in total. The number of carbonyl (C=O) groups excluding carboxylic acids is 3. The van der Waals surface area contributed by atoms with Crippen LogP contribution in [0.1, 0.15) is 37.7 Å². The van der Waals surface area contributed by atoms with Crippen molar-refractivity contribution in [2.75, 3.05) is 26.8 Å². The average Bonchev–Trinajstić information content (AvgIpc) is 3.44. The SMILES string of the molecule is COc1cc2ccc1CNC(=O)COc1cc(ccc1C)C(=O)N[C@H]1CN(C(=O)c3nc4ccccc4s3)CC[C@H]1O2. The molecule has 0 spiro atoms. The predicted octanol–water partition coefficient (Wildman–Crippen LogP) is 3.71. The Morgan fingerprint density at radius 1 is 1.12 bits per heavy atom. The summed E-state index contributed by atoms with van der Waals surface area (Å²) in [6.45, 7) is 2.58. The lowest BCUT2D eigenvalue weighted by molar-refractivity contribution is -0.123. The number of amides is 3. The molecule has 216 valence electrons.